The molecule has 1 aliphatic heterocycles. The molecule has 1 saturated heterocycles. The molecule has 6 nitrogen and oxygen atoms in total. The van der Waals surface area contributed by atoms with E-state index in [2.05, 4.69) is 49.8 Å². The van der Waals surface area contributed by atoms with Gasteiger partial charge in [-0.2, -0.15) is 5.10 Å². The summed E-state index contributed by atoms with van der Waals surface area (Å²) >= 11 is 0. The quantitative estimate of drug-likeness (QED) is 0.870. The third-order valence-corrected chi connectivity index (χ3v) is 4.69. The molecular formula is C17H25N5O. The summed E-state index contributed by atoms with van der Waals surface area (Å²) in [4.78, 5) is 21.4. The molecule has 2 aromatic heterocycles. The van der Waals surface area contributed by atoms with Gasteiger partial charge >= 0.3 is 0 Å². The number of hydrogen-bond acceptors (Lipinski definition) is 4. The molecule has 1 fully saturated rings. The fourth-order valence-electron chi connectivity index (χ4n) is 3.41. The van der Waals surface area contributed by atoms with Gasteiger partial charge < -0.3 is 9.80 Å². The molecule has 6 heteroatoms. The topological polar surface area (TPSA) is 54.3 Å². The molecule has 0 N–H and O–H groups in total. The van der Waals surface area contributed by atoms with E-state index in [0.717, 1.165) is 24.1 Å². The van der Waals surface area contributed by atoms with Crippen molar-refractivity contribution in [2.75, 3.05) is 27.2 Å². The normalized spacial score (nSPS) is 21.8. The minimum Gasteiger partial charge on any atom is -0.337 e. The summed E-state index contributed by atoms with van der Waals surface area (Å²) in [5, 5.41) is 5.28. The lowest BCUT2D eigenvalue weighted by atomic mass is 10.1. The van der Waals surface area contributed by atoms with E-state index in [9.17, 15) is 4.79 Å². The minimum absolute atomic E-state index is 0.0629. The van der Waals surface area contributed by atoms with E-state index in [4.69, 9.17) is 0 Å². The maximum absolute atomic E-state index is 12.8. The summed E-state index contributed by atoms with van der Waals surface area (Å²) in [5.41, 5.74) is 1.48. The number of amides is 1. The van der Waals surface area contributed by atoms with Crippen molar-refractivity contribution in [1.29, 1.82) is 0 Å². The van der Waals surface area contributed by atoms with Crippen molar-refractivity contribution in [2.45, 2.75) is 32.9 Å². The van der Waals surface area contributed by atoms with Crippen LogP contribution in [0.3, 0.4) is 0 Å². The Hall–Kier alpha value is -1.95. The molecular weight excluding hydrogens is 290 g/mol. The first-order chi connectivity index (χ1) is 10.9. The molecule has 1 aliphatic rings. The van der Waals surface area contributed by atoms with Crippen molar-refractivity contribution in [3.8, 4) is 0 Å². The second-order valence-corrected chi connectivity index (χ2v) is 7.04. The first kappa shape index (κ1) is 15.9. The number of pyridine rings is 1. The van der Waals surface area contributed by atoms with Crippen LogP contribution in [-0.4, -0.2) is 63.7 Å². The first-order valence-electron chi connectivity index (χ1n) is 8.17. The summed E-state index contributed by atoms with van der Waals surface area (Å²) in [6.45, 7) is 7.91. The summed E-state index contributed by atoms with van der Waals surface area (Å²) in [6, 6.07) is 2.57. The molecule has 0 unspecified atom stereocenters. The Morgan fingerprint density at radius 2 is 2.04 bits per heavy atom. The van der Waals surface area contributed by atoms with Gasteiger partial charge in [0.05, 0.1) is 11.8 Å². The highest BCUT2D eigenvalue weighted by molar-refractivity contribution is 5.97. The maximum Gasteiger partial charge on any atom is 0.255 e. The fourth-order valence-corrected chi connectivity index (χ4v) is 3.41. The zero-order valence-electron chi connectivity index (χ0n) is 14.5. The van der Waals surface area contributed by atoms with Gasteiger partial charge in [-0.05, 0) is 39.9 Å². The number of hydrogen-bond donors (Lipinski definition) is 0. The number of likely N-dealkylation sites (tertiary alicyclic amines) is 1. The average Bonchev–Trinajstić information content (AvgIpc) is 3.09. The maximum atomic E-state index is 12.8. The molecule has 2 aromatic rings. The predicted octanol–water partition coefficient (Wildman–Crippen LogP) is 2.03. The van der Waals surface area contributed by atoms with Crippen LogP contribution in [0.5, 0.6) is 0 Å². The lowest BCUT2D eigenvalue weighted by Gasteiger charge is -2.22. The van der Waals surface area contributed by atoms with E-state index < -0.39 is 0 Å². The van der Waals surface area contributed by atoms with Crippen LogP contribution in [0.15, 0.2) is 18.5 Å². The van der Waals surface area contributed by atoms with E-state index in [1.54, 1.807) is 12.4 Å². The van der Waals surface area contributed by atoms with Crippen molar-refractivity contribution in [3.05, 3.63) is 24.0 Å². The third-order valence-electron chi connectivity index (χ3n) is 4.69. The SMILES string of the molecule is CC(C)n1ncc2cc(C(=O)N3C[C@H](C)[C@@H](N(C)C)C3)cnc21. The van der Waals surface area contributed by atoms with Gasteiger partial charge in [0.25, 0.3) is 5.91 Å². The van der Waals surface area contributed by atoms with Gasteiger partial charge in [-0.25, -0.2) is 9.67 Å². The Labute approximate surface area is 137 Å². The van der Waals surface area contributed by atoms with Crippen LogP contribution < -0.4 is 0 Å². The van der Waals surface area contributed by atoms with Gasteiger partial charge in [0.2, 0.25) is 0 Å². The van der Waals surface area contributed by atoms with Gasteiger partial charge in [-0.15, -0.1) is 0 Å². The molecule has 2 atom stereocenters. The zero-order valence-corrected chi connectivity index (χ0v) is 14.5. The second-order valence-electron chi connectivity index (χ2n) is 7.04. The van der Waals surface area contributed by atoms with Crippen molar-refractivity contribution in [1.82, 2.24) is 24.6 Å². The molecule has 0 spiro atoms. The summed E-state index contributed by atoms with van der Waals surface area (Å²) in [6.07, 6.45) is 3.47. The third kappa shape index (κ3) is 2.83. The standard InChI is InChI=1S/C17H25N5O/c1-11(2)22-16-13(8-19-22)6-14(7-18-16)17(23)21-9-12(3)15(10-21)20(4)5/h6-8,11-12,15H,9-10H2,1-5H3/t12-,15-/m0/s1. The largest absolute Gasteiger partial charge is 0.337 e. The van der Waals surface area contributed by atoms with Crippen LogP contribution in [0.2, 0.25) is 0 Å². The summed E-state index contributed by atoms with van der Waals surface area (Å²) in [5.74, 6) is 0.544. The molecule has 1 amide bonds. The second kappa shape index (κ2) is 5.92. The number of fused-ring (bicyclic) bond motifs is 1. The average molecular weight is 315 g/mol. The molecule has 0 aliphatic carbocycles. The molecule has 0 radical (unpaired) electrons. The van der Waals surface area contributed by atoms with E-state index >= 15 is 0 Å². The number of likely N-dealkylation sites (N-methyl/N-ethyl adjacent to an activating group) is 1. The number of rotatable bonds is 3. The van der Waals surface area contributed by atoms with Crippen LogP contribution in [0.4, 0.5) is 0 Å². The highest BCUT2D eigenvalue weighted by Crippen LogP contribution is 2.23. The van der Waals surface area contributed by atoms with E-state index in [0.29, 0.717) is 17.5 Å². The predicted molar refractivity (Wildman–Crippen MR) is 90.5 cm³/mol. The monoisotopic (exact) mass is 315 g/mol. The fraction of sp³-hybridized carbons (Fsp3) is 0.588. The van der Waals surface area contributed by atoms with Gasteiger partial charge in [0.1, 0.15) is 0 Å². The van der Waals surface area contributed by atoms with Crippen LogP contribution in [0.1, 0.15) is 37.2 Å². The van der Waals surface area contributed by atoms with E-state index in [-0.39, 0.29) is 11.9 Å². The zero-order chi connectivity index (χ0) is 16.7. The number of nitrogens with zero attached hydrogens (tertiary/aromatic N) is 5. The molecule has 0 bridgehead atoms. The van der Waals surface area contributed by atoms with Crippen molar-refractivity contribution >= 4 is 16.9 Å². The smallest absolute Gasteiger partial charge is 0.255 e. The lowest BCUT2D eigenvalue weighted by Crippen LogP contribution is -2.35. The summed E-state index contributed by atoms with van der Waals surface area (Å²) < 4.78 is 1.88. The Balaban J connectivity index is 1.85. The summed E-state index contributed by atoms with van der Waals surface area (Å²) in [7, 11) is 4.14. The molecule has 23 heavy (non-hydrogen) atoms. The lowest BCUT2D eigenvalue weighted by molar-refractivity contribution is 0.0781. The number of carbonyl (C=O) groups excluding carboxylic acids is 1. The van der Waals surface area contributed by atoms with Gasteiger partial charge in [0.15, 0.2) is 5.65 Å². The molecule has 124 valence electrons. The van der Waals surface area contributed by atoms with Crippen molar-refractivity contribution < 1.29 is 4.79 Å². The highest BCUT2D eigenvalue weighted by atomic mass is 16.2. The minimum atomic E-state index is 0.0629. The number of aromatic nitrogens is 3. The van der Waals surface area contributed by atoms with Crippen LogP contribution in [0, 0.1) is 5.92 Å². The molecule has 0 aromatic carbocycles. The Morgan fingerprint density at radius 3 is 2.65 bits per heavy atom. The van der Waals surface area contributed by atoms with Gasteiger partial charge in [0, 0.05) is 36.8 Å². The molecule has 3 heterocycles. The van der Waals surface area contributed by atoms with Crippen molar-refractivity contribution in [3.63, 3.8) is 0 Å². The molecule has 0 saturated carbocycles. The van der Waals surface area contributed by atoms with Gasteiger partial charge in [-0.3, -0.25) is 4.79 Å². The van der Waals surface area contributed by atoms with Crippen LogP contribution in [-0.2, 0) is 0 Å². The molecule has 3 rings (SSSR count). The van der Waals surface area contributed by atoms with Crippen LogP contribution in [0.25, 0.3) is 11.0 Å². The highest BCUT2D eigenvalue weighted by Gasteiger charge is 2.34. The van der Waals surface area contributed by atoms with E-state index in [1.165, 1.54) is 0 Å². The van der Waals surface area contributed by atoms with Crippen molar-refractivity contribution in [2.24, 2.45) is 5.92 Å². The Morgan fingerprint density at radius 1 is 1.30 bits per heavy atom. The van der Waals surface area contributed by atoms with E-state index in [1.807, 2.05) is 15.6 Å². The Bertz CT molecular complexity index is 721. The Kier molecular flexibility index (Phi) is 4.10. The first-order valence-corrected chi connectivity index (χ1v) is 8.17. The van der Waals surface area contributed by atoms with Crippen LogP contribution >= 0.6 is 0 Å². The number of carbonyl (C=O) groups is 1. The van der Waals surface area contributed by atoms with Gasteiger partial charge in [-0.1, -0.05) is 6.92 Å².